The number of nitrogens with one attached hydrogen (secondary N) is 1. The van der Waals surface area contributed by atoms with E-state index < -0.39 is 12.7 Å². The van der Waals surface area contributed by atoms with E-state index in [4.69, 9.17) is 0 Å². The van der Waals surface area contributed by atoms with Crippen LogP contribution in [-0.2, 0) is 0 Å². The molecule has 6 heteroatoms. The number of halogens is 3. The van der Waals surface area contributed by atoms with E-state index in [0.29, 0.717) is 13.0 Å². The van der Waals surface area contributed by atoms with Gasteiger partial charge in [-0.3, -0.25) is 4.90 Å². The Balaban J connectivity index is 3.89. The molecule has 0 spiro atoms. The molecule has 0 saturated carbocycles. The molecule has 0 aromatic rings. The summed E-state index contributed by atoms with van der Waals surface area (Å²) < 4.78 is 36.4. The summed E-state index contributed by atoms with van der Waals surface area (Å²) in [6.45, 7) is 5.53. The molecule has 3 nitrogen and oxygen atoms in total. The molecule has 0 aromatic heterocycles. The van der Waals surface area contributed by atoms with Crippen molar-refractivity contribution in [2.75, 3.05) is 26.7 Å². The van der Waals surface area contributed by atoms with Gasteiger partial charge in [0.2, 0.25) is 0 Å². The molecule has 1 atom stereocenters. The van der Waals surface area contributed by atoms with Crippen LogP contribution in [0.3, 0.4) is 0 Å². The van der Waals surface area contributed by atoms with Gasteiger partial charge in [-0.1, -0.05) is 20.3 Å². The summed E-state index contributed by atoms with van der Waals surface area (Å²) >= 11 is 0. The number of rotatable bonds is 9. The Morgan fingerprint density at radius 3 is 2.21 bits per heavy atom. The largest absolute Gasteiger partial charge is 0.401 e. The molecule has 0 amide bonds. The molecule has 0 bridgehead atoms. The van der Waals surface area contributed by atoms with Crippen LogP contribution in [0.25, 0.3) is 0 Å². The van der Waals surface area contributed by atoms with E-state index >= 15 is 0 Å². The van der Waals surface area contributed by atoms with Crippen molar-refractivity contribution in [1.29, 1.82) is 0 Å². The maximum absolute atomic E-state index is 12.1. The fourth-order valence-corrected chi connectivity index (χ4v) is 2.18. The first-order valence-electron chi connectivity index (χ1n) is 6.72. The maximum Gasteiger partial charge on any atom is 0.401 e. The van der Waals surface area contributed by atoms with Gasteiger partial charge >= 0.3 is 6.18 Å². The van der Waals surface area contributed by atoms with Crippen molar-refractivity contribution in [3.63, 3.8) is 0 Å². The first-order valence-corrected chi connectivity index (χ1v) is 6.72. The van der Waals surface area contributed by atoms with Gasteiger partial charge in [0, 0.05) is 11.6 Å². The molecule has 0 saturated heterocycles. The Bertz CT molecular complexity index is 247. The minimum atomic E-state index is -4.13. The lowest BCUT2D eigenvalue weighted by Crippen LogP contribution is -2.49. The second kappa shape index (κ2) is 8.07. The molecule has 0 heterocycles. The van der Waals surface area contributed by atoms with Crippen molar-refractivity contribution >= 4 is 0 Å². The van der Waals surface area contributed by atoms with Gasteiger partial charge in [0.25, 0.3) is 0 Å². The Kier molecular flexibility index (Phi) is 7.93. The zero-order chi connectivity index (χ0) is 15.1. The number of nitrogens with zero attached hydrogens (tertiary/aromatic N) is 1. The third-order valence-electron chi connectivity index (χ3n) is 2.95. The Hall–Kier alpha value is -0.330. The van der Waals surface area contributed by atoms with Gasteiger partial charge in [-0.15, -0.1) is 0 Å². The van der Waals surface area contributed by atoms with E-state index in [1.807, 2.05) is 20.8 Å². The third kappa shape index (κ3) is 10.2. The second-order valence-electron chi connectivity index (χ2n) is 5.83. The van der Waals surface area contributed by atoms with Crippen LogP contribution in [-0.4, -0.2) is 54.5 Å². The Morgan fingerprint density at radius 2 is 1.79 bits per heavy atom. The summed E-state index contributed by atoms with van der Waals surface area (Å²) in [6, 6.07) is 0.269. The van der Waals surface area contributed by atoms with Crippen LogP contribution in [0, 0.1) is 0 Å². The summed E-state index contributed by atoms with van der Waals surface area (Å²) in [4.78, 5) is 1.28. The van der Waals surface area contributed by atoms with E-state index in [9.17, 15) is 18.3 Å². The van der Waals surface area contributed by atoms with E-state index in [2.05, 4.69) is 5.32 Å². The van der Waals surface area contributed by atoms with Gasteiger partial charge in [0.15, 0.2) is 0 Å². The summed E-state index contributed by atoms with van der Waals surface area (Å²) in [7, 11) is 1.48. The van der Waals surface area contributed by atoms with Gasteiger partial charge in [-0.2, -0.15) is 13.2 Å². The summed E-state index contributed by atoms with van der Waals surface area (Å²) in [5.74, 6) is 0. The van der Waals surface area contributed by atoms with Crippen LogP contribution < -0.4 is 5.32 Å². The highest BCUT2D eigenvalue weighted by atomic mass is 19.4. The molecule has 2 N–H and O–H groups in total. The lowest BCUT2D eigenvalue weighted by molar-refractivity contribution is -0.143. The Morgan fingerprint density at radius 1 is 1.21 bits per heavy atom. The molecule has 116 valence electrons. The highest BCUT2D eigenvalue weighted by Gasteiger charge is 2.29. The SMILES string of the molecule is CC(C)NC(C)(CO)CCCCN(C)CC(F)(F)F. The second-order valence-corrected chi connectivity index (χ2v) is 5.83. The average molecular weight is 284 g/mol. The fourth-order valence-electron chi connectivity index (χ4n) is 2.18. The van der Waals surface area contributed by atoms with Gasteiger partial charge in [-0.25, -0.2) is 0 Å². The van der Waals surface area contributed by atoms with E-state index in [0.717, 1.165) is 12.8 Å². The Labute approximate surface area is 114 Å². The molecule has 0 aliphatic carbocycles. The van der Waals surface area contributed by atoms with Crippen LogP contribution in [0.5, 0.6) is 0 Å². The smallest absolute Gasteiger partial charge is 0.394 e. The lowest BCUT2D eigenvalue weighted by Gasteiger charge is -2.31. The van der Waals surface area contributed by atoms with Crippen LogP contribution >= 0.6 is 0 Å². The molecule has 1 unspecified atom stereocenters. The standard InChI is InChI=1S/C13H27F3N2O/c1-11(2)17-12(3,10-19)7-5-6-8-18(4)9-13(14,15)16/h11,17,19H,5-10H2,1-4H3. The molecule has 0 rings (SSSR count). The van der Waals surface area contributed by atoms with Crippen molar-refractivity contribution in [1.82, 2.24) is 10.2 Å². The van der Waals surface area contributed by atoms with Crippen LogP contribution in [0.1, 0.15) is 40.0 Å². The van der Waals surface area contributed by atoms with E-state index in [1.165, 1.54) is 11.9 Å². The van der Waals surface area contributed by atoms with Gasteiger partial charge in [-0.05, 0) is 33.4 Å². The third-order valence-corrected chi connectivity index (χ3v) is 2.95. The van der Waals surface area contributed by atoms with Crippen molar-refractivity contribution in [2.45, 2.75) is 57.8 Å². The van der Waals surface area contributed by atoms with Crippen molar-refractivity contribution in [3.05, 3.63) is 0 Å². The van der Waals surface area contributed by atoms with Crippen LogP contribution in [0.2, 0.25) is 0 Å². The minimum Gasteiger partial charge on any atom is -0.394 e. The highest BCUT2D eigenvalue weighted by Crippen LogP contribution is 2.17. The lowest BCUT2D eigenvalue weighted by atomic mass is 9.95. The topological polar surface area (TPSA) is 35.5 Å². The number of unbranched alkanes of at least 4 members (excludes halogenated alkanes) is 1. The summed E-state index contributed by atoms with van der Waals surface area (Å²) in [5.41, 5.74) is -0.350. The van der Waals surface area contributed by atoms with Crippen molar-refractivity contribution in [3.8, 4) is 0 Å². The average Bonchev–Trinajstić information content (AvgIpc) is 2.21. The van der Waals surface area contributed by atoms with Gasteiger partial charge in [0.05, 0.1) is 13.2 Å². The predicted octanol–water partition coefficient (Wildman–Crippen LogP) is 2.40. The van der Waals surface area contributed by atoms with Crippen LogP contribution in [0.4, 0.5) is 13.2 Å². The molecular formula is C13H27F3N2O. The first-order chi connectivity index (χ1) is 8.58. The molecule has 0 aromatic carbocycles. The number of hydrogen-bond acceptors (Lipinski definition) is 3. The molecule has 0 fully saturated rings. The first kappa shape index (κ1) is 18.7. The van der Waals surface area contributed by atoms with Gasteiger partial charge < -0.3 is 10.4 Å². The monoisotopic (exact) mass is 284 g/mol. The van der Waals surface area contributed by atoms with E-state index in [-0.39, 0.29) is 18.2 Å². The minimum absolute atomic E-state index is 0.0313. The van der Waals surface area contributed by atoms with Crippen molar-refractivity contribution in [2.24, 2.45) is 0 Å². The zero-order valence-electron chi connectivity index (χ0n) is 12.3. The number of hydrogen-bond donors (Lipinski definition) is 2. The highest BCUT2D eigenvalue weighted by molar-refractivity contribution is 4.83. The molecular weight excluding hydrogens is 257 g/mol. The van der Waals surface area contributed by atoms with Crippen molar-refractivity contribution < 1.29 is 18.3 Å². The van der Waals surface area contributed by atoms with Crippen LogP contribution in [0.15, 0.2) is 0 Å². The summed E-state index contributed by atoms with van der Waals surface area (Å²) in [6.07, 6.45) is -1.89. The predicted molar refractivity (Wildman–Crippen MR) is 71.2 cm³/mol. The zero-order valence-corrected chi connectivity index (χ0v) is 12.3. The quantitative estimate of drug-likeness (QED) is 0.638. The summed E-state index contributed by atoms with van der Waals surface area (Å²) in [5, 5.41) is 12.7. The molecule has 19 heavy (non-hydrogen) atoms. The number of aliphatic hydroxyl groups excluding tert-OH is 1. The van der Waals surface area contributed by atoms with E-state index in [1.54, 1.807) is 0 Å². The molecule has 0 aliphatic heterocycles. The maximum atomic E-state index is 12.1. The number of aliphatic hydroxyl groups is 1. The van der Waals surface area contributed by atoms with Gasteiger partial charge in [0.1, 0.15) is 0 Å². The molecule has 0 aliphatic rings. The number of alkyl halides is 3. The fraction of sp³-hybridized carbons (Fsp3) is 1.00. The molecule has 0 radical (unpaired) electrons. The normalized spacial score (nSPS) is 16.1.